The van der Waals surface area contributed by atoms with Gasteiger partial charge in [-0.15, -0.1) is 0 Å². The Hall–Kier alpha value is -1.55. The number of nitrogens with one attached hydrogen (secondary N) is 1. The lowest BCUT2D eigenvalue weighted by atomic mass is 10.0. The van der Waals surface area contributed by atoms with Gasteiger partial charge in [0, 0.05) is 10.9 Å². The standard InChI is InChI=1S/C16H20ClNO3/c1-21-15(19)10-14(12-8-4-5-9-13(12)17)18-16(20)11-6-2-3-7-11/h4-5,8-9,11,14H,2-3,6-7,10H2,1H3,(H,18,20)/t14-/m1/s1. The zero-order valence-electron chi connectivity index (χ0n) is 12.1. The average molecular weight is 310 g/mol. The van der Waals surface area contributed by atoms with Crippen LogP contribution in [0.5, 0.6) is 0 Å². The van der Waals surface area contributed by atoms with Crippen molar-refractivity contribution in [2.45, 2.75) is 38.1 Å². The predicted octanol–water partition coefficient (Wildman–Crippen LogP) is 3.25. The van der Waals surface area contributed by atoms with Crippen LogP contribution in [-0.4, -0.2) is 19.0 Å². The van der Waals surface area contributed by atoms with E-state index in [1.807, 2.05) is 18.2 Å². The smallest absolute Gasteiger partial charge is 0.307 e. The second-order valence-electron chi connectivity index (χ2n) is 5.34. The zero-order chi connectivity index (χ0) is 15.2. The Balaban J connectivity index is 2.13. The molecule has 1 atom stereocenters. The van der Waals surface area contributed by atoms with Gasteiger partial charge in [-0.1, -0.05) is 42.6 Å². The Morgan fingerprint density at radius 2 is 2.00 bits per heavy atom. The molecular formula is C16H20ClNO3. The largest absolute Gasteiger partial charge is 0.469 e. The van der Waals surface area contributed by atoms with E-state index in [9.17, 15) is 9.59 Å². The van der Waals surface area contributed by atoms with Crippen molar-refractivity contribution < 1.29 is 14.3 Å². The maximum Gasteiger partial charge on any atom is 0.307 e. The Bertz CT molecular complexity index is 512. The van der Waals surface area contributed by atoms with Gasteiger partial charge in [0.2, 0.25) is 5.91 Å². The normalized spacial score (nSPS) is 16.5. The van der Waals surface area contributed by atoms with E-state index in [2.05, 4.69) is 5.32 Å². The minimum Gasteiger partial charge on any atom is -0.469 e. The highest BCUT2D eigenvalue weighted by Gasteiger charge is 2.27. The first-order valence-corrected chi connectivity index (χ1v) is 7.61. The van der Waals surface area contributed by atoms with Crippen molar-refractivity contribution in [2.75, 3.05) is 7.11 Å². The summed E-state index contributed by atoms with van der Waals surface area (Å²) in [7, 11) is 1.34. The van der Waals surface area contributed by atoms with Gasteiger partial charge in [0.1, 0.15) is 0 Å². The van der Waals surface area contributed by atoms with Gasteiger partial charge in [-0.05, 0) is 24.5 Å². The van der Waals surface area contributed by atoms with Crippen LogP contribution in [0.15, 0.2) is 24.3 Å². The molecule has 1 aliphatic rings. The minimum absolute atomic E-state index is 0.00122. The number of methoxy groups -OCH3 is 1. The molecule has 1 saturated carbocycles. The van der Waals surface area contributed by atoms with Gasteiger partial charge in [0.25, 0.3) is 0 Å². The van der Waals surface area contributed by atoms with Gasteiger partial charge in [-0.2, -0.15) is 0 Å². The second-order valence-corrected chi connectivity index (χ2v) is 5.75. The van der Waals surface area contributed by atoms with Crippen molar-refractivity contribution in [3.8, 4) is 0 Å². The van der Waals surface area contributed by atoms with Crippen LogP contribution in [0.3, 0.4) is 0 Å². The van der Waals surface area contributed by atoms with E-state index < -0.39 is 6.04 Å². The fourth-order valence-corrected chi connectivity index (χ4v) is 2.99. The van der Waals surface area contributed by atoms with Gasteiger partial charge in [-0.3, -0.25) is 9.59 Å². The highest BCUT2D eigenvalue weighted by molar-refractivity contribution is 6.31. The van der Waals surface area contributed by atoms with Gasteiger partial charge < -0.3 is 10.1 Å². The van der Waals surface area contributed by atoms with Gasteiger partial charge in [0.15, 0.2) is 0 Å². The van der Waals surface area contributed by atoms with Gasteiger partial charge in [-0.25, -0.2) is 0 Å². The quantitative estimate of drug-likeness (QED) is 0.849. The topological polar surface area (TPSA) is 55.4 Å². The summed E-state index contributed by atoms with van der Waals surface area (Å²) in [6, 6.07) is 6.79. The number of hydrogen-bond acceptors (Lipinski definition) is 3. The molecule has 1 aromatic carbocycles. The number of esters is 1. The molecule has 0 saturated heterocycles. The first-order valence-electron chi connectivity index (χ1n) is 7.23. The summed E-state index contributed by atoms with van der Waals surface area (Å²) in [5.74, 6) is -0.319. The van der Waals surface area contributed by atoms with E-state index in [0.717, 1.165) is 31.2 Å². The maximum atomic E-state index is 12.3. The van der Waals surface area contributed by atoms with E-state index in [4.69, 9.17) is 16.3 Å². The van der Waals surface area contributed by atoms with Gasteiger partial charge in [0.05, 0.1) is 19.6 Å². The number of halogens is 1. The summed E-state index contributed by atoms with van der Waals surface area (Å²) in [5, 5.41) is 3.50. The lowest BCUT2D eigenvalue weighted by Crippen LogP contribution is -2.34. The highest BCUT2D eigenvalue weighted by Crippen LogP contribution is 2.29. The summed E-state index contributed by atoms with van der Waals surface area (Å²) in [4.78, 5) is 23.9. The van der Waals surface area contributed by atoms with Crippen LogP contribution in [0, 0.1) is 5.92 Å². The monoisotopic (exact) mass is 309 g/mol. The number of hydrogen-bond donors (Lipinski definition) is 1. The van der Waals surface area contributed by atoms with Crippen molar-refractivity contribution in [3.63, 3.8) is 0 Å². The summed E-state index contributed by atoms with van der Waals surface area (Å²) in [6.07, 6.45) is 4.09. The first-order chi connectivity index (χ1) is 10.1. The third kappa shape index (κ3) is 4.21. The molecule has 0 unspecified atom stereocenters. The van der Waals surface area contributed by atoms with Crippen molar-refractivity contribution in [1.82, 2.24) is 5.32 Å². The molecule has 114 valence electrons. The number of ether oxygens (including phenoxy) is 1. The molecule has 0 spiro atoms. The molecule has 21 heavy (non-hydrogen) atoms. The molecular weight excluding hydrogens is 290 g/mol. The van der Waals surface area contributed by atoms with E-state index >= 15 is 0 Å². The summed E-state index contributed by atoms with van der Waals surface area (Å²) in [5.41, 5.74) is 0.746. The van der Waals surface area contributed by atoms with Crippen LogP contribution in [0.25, 0.3) is 0 Å². The first kappa shape index (κ1) is 15.8. The number of carbonyl (C=O) groups excluding carboxylic acids is 2. The summed E-state index contributed by atoms with van der Waals surface area (Å²) < 4.78 is 4.72. The molecule has 0 heterocycles. The number of amides is 1. The van der Waals surface area contributed by atoms with Gasteiger partial charge >= 0.3 is 5.97 Å². The van der Waals surface area contributed by atoms with Crippen molar-refractivity contribution in [2.24, 2.45) is 5.92 Å². The Morgan fingerprint density at radius 3 is 2.62 bits per heavy atom. The SMILES string of the molecule is COC(=O)C[C@@H](NC(=O)C1CCCC1)c1ccccc1Cl. The molecule has 0 aromatic heterocycles. The van der Waals surface area contributed by atoms with E-state index in [-0.39, 0.29) is 24.2 Å². The second kappa shape index (κ2) is 7.46. The molecule has 2 rings (SSSR count). The van der Waals surface area contributed by atoms with E-state index in [1.165, 1.54) is 7.11 Å². The predicted molar refractivity (Wildman–Crippen MR) is 80.9 cm³/mol. The number of rotatable bonds is 5. The van der Waals surface area contributed by atoms with Crippen LogP contribution in [0.4, 0.5) is 0 Å². The third-order valence-corrected chi connectivity index (χ3v) is 4.27. The van der Waals surface area contributed by atoms with Crippen LogP contribution < -0.4 is 5.32 Å². The molecule has 0 bridgehead atoms. The van der Waals surface area contributed by atoms with Crippen LogP contribution in [0.2, 0.25) is 5.02 Å². The van der Waals surface area contributed by atoms with Crippen molar-refractivity contribution >= 4 is 23.5 Å². The lowest BCUT2D eigenvalue weighted by molar-refractivity contribution is -0.141. The molecule has 4 nitrogen and oxygen atoms in total. The van der Waals surface area contributed by atoms with Crippen LogP contribution in [0.1, 0.15) is 43.7 Å². The summed E-state index contributed by atoms with van der Waals surface area (Å²) in [6.45, 7) is 0. The fraction of sp³-hybridized carbons (Fsp3) is 0.500. The molecule has 0 radical (unpaired) electrons. The summed E-state index contributed by atoms with van der Waals surface area (Å²) >= 11 is 6.19. The zero-order valence-corrected chi connectivity index (χ0v) is 12.9. The highest BCUT2D eigenvalue weighted by atomic mass is 35.5. The van der Waals surface area contributed by atoms with E-state index in [0.29, 0.717) is 5.02 Å². The van der Waals surface area contributed by atoms with E-state index in [1.54, 1.807) is 6.07 Å². The minimum atomic E-state index is -0.445. The molecule has 5 heteroatoms. The van der Waals surface area contributed by atoms with Crippen LogP contribution in [-0.2, 0) is 14.3 Å². The molecule has 1 aromatic rings. The molecule has 1 fully saturated rings. The maximum absolute atomic E-state index is 12.3. The van der Waals surface area contributed by atoms with Crippen molar-refractivity contribution in [3.05, 3.63) is 34.9 Å². The molecule has 0 aliphatic heterocycles. The molecule has 1 N–H and O–H groups in total. The lowest BCUT2D eigenvalue weighted by Gasteiger charge is -2.21. The molecule has 1 aliphatic carbocycles. The fourth-order valence-electron chi connectivity index (χ4n) is 2.72. The van der Waals surface area contributed by atoms with Crippen molar-refractivity contribution in [1.29, 1.82) is 0 Å². The average Bonchev–Trinajstić information content (AvgIpc) is 3.01. The molecule has 1 amide bonds. The number of carbonyl (C=O) groups is 2. The Morgan fingerprint density at radius 1 is 1.33 bits per heavy atom. The Kier molecular flexibility index (Phi) is 5.62. The van der Waals surface area contributed by atoms with Crippen LogP contribution >= 0.6 is 11.6 Å². The Labute approximate surface area is 129 Å². The number of benzene rings is 1. The third-order valence-electron chi connectivity index (χ3n) is 3.92.